The molecule has 4 aliphatic carbocycles. The predicted octanol–water partition coefficient (Wildman–Crippen LogP) is 20.8. The van der Waals surface area contributed by atoms with E-state index >= 15 is 0 Å². The fraction of sp³-hybridized carbons (Fsp3) is 0.122. The third-order valence-electron chi connectivity index (χ3n) is 20.1. The molecule has 2 heterocycles. The topological polar surface area (TPSA) is 9.86 Å². The van der Waals surface area contributed by atoms with Crippen LogP contribution in [0.4, 0.5) is 0 Å². The molecule has 0 aliphatic heterocycles. The molecule has 0 unspecified atom stereocenters. The standard InChI is InChI=1S/C82H60N2/c1-79(2,3)51-33-41-77-65(45-51)63-43-49(31-39-75(63)83(77)53-35-37-61-59-23-11-17-29-71(59)81(73(61)47-53)67-25-13-7-19-55(67)56-20-8-14-26-68(56)81)50-32-40-76-64(44-50)66-46-52(80(4,5)6)34-42-78(66)84(76)54-36-38-62-60-24-12-18-30-72(60)82(74(62)48-54)69-27-15-9-21-57(69)58-22-10-16-28-70(58)82/h7-48H,1-6H3. The Morgan fingerprint density at radius 3 is 0.798 bits per heavy atom. The Labute approximate surface area is 490 Å². The number of nitrogens with zero attached hydrogens (tertiary/aromatic N) is 2. The van der Waals surface area contributed by atoms with Crippen LogP contribution in [0, 0.1) is 0 Å². The maximum absolute atomic E-state index is 2.54. The van der Waals surface area contributed by atoms with E-state index in [-0.39, 0.29) is 10.8 Å². The first-order chi connectivity index (χ1) is 40.9. The van der Waals surface area contributed by atoms with Crippen molar-refractivity contribution >= 4 is 43.6 Å². The summed E-state index contributed by atoms with van der Waals surface area (Å²) >= 11 is 0. The smallest absolute Gasteiger partial charge is 0.0726 e. The first kappa shape index (κ1) is 47.8. The van der Waals surface area contributed by atoms with Gasteiger partial charge in [-0.15, -0.1) is 0 Å². The van der Waals surface area contributed by atoms with Crippen LogP contribution in [-0.4, -0.2) is 9.13 Å². The summed E-state index contributed by atoms with van der Waals surface area (Å²) in [7, 11) is 0. The molecule has 2 heteroatoms. The molecule has 84 heavy (non-hydrogen) atoms. The summed E-state index contributed by atoms with van der Waals surface area (Å²) in [5, 5.41) is 5.05. The second-order valence-corrected chi connectivity index (χ2v) is 26.3. The van der Waals surface area contributed by atoms with E-state index < -0.39 is 10.8 Å². The van der Waals surface area contributed by atoms with Crippen LogP contribution >= 0.6 is 0 Å². The summed E-state index contributed by atoms with van der Waals surface area (Å²) in [6, 6.07) is 98.2. The molecule has 12 aromatic carbocycles. The van der Waals surface area contributed by atoms with E-state index in [0.717, 1.165) is 0 Å². The molecule has 0 radical (unpaired) electrons. The molecule has 0 atom stereocenters. The fourth-order valence-electron chi connectivity index (χ4n) is 16.3. The van der Waals surface area contributed by atoms with Crippen molar-refractivity contribution in [2.45, 2.75) is 63.2 Å². The van der Waals surface area contributed by atoms with Crippen LogP contribution in [0.15, 0.2) is 255 Å². The van der Waals surface area contributed by atoms with E-state index in [1.807, 2.05) is 0 Å². The fourth-order valence-corrected chi connectivity index (χ4v) is 16.3. The zero-order chi connectivity index (χ0) is 56.2. The first-order valence-corrected chi connectivity index (χ1v) is 30.0. The minimum absolute atomic E-state index is 0.0319. The number of hydrogen-bond donors (Lipinski definition) is 0. The third-order valence-corrected chi connectivity index (χ3v) is 20.1. The third kappa shape index (κ3) is 6.05. The van der Waals surface area contributed by atoms with Gasteiger partial charge in [-0.05, 0) is 195 Å². The maximum atomic E-state index is 2.54. The Balaban J connectivity index is 0.833. The molecule has 0 amide bonds. The lowest BCUT2D eigenvalue weighted by Gasteiger charge is -2.30. The molecule has 18 rings (SSSR count). The van der Waals surface area contributed by atoms with Crippen LogP contribution in [0.2, 0.25) is 0 Å². The largest absolute Gasteiger partial charge is 0.309 e. The van der Waals surface area contributed by atoms with Gasteiger partial charge in [-0.25, -0.2) is 0 Å². The van der Waals surface area contributed by atoms with Gasteiger partial charge in [0, 0.05) is 32.9 Å². The Morgan fingerprint density at radius 1 is 0.238 bits per heavy atom. The van der Waals surface area contributed by atoms with Gasteiger partial charge in [-0.2, -0.15) is 0 Å². The average molecular weight is 1070 g/mol. The van der Waals surface area contributed by atoms with Crippen molar-refractivity contribution in [2.75, 3.05) is 0 Å². The van der Waals surface area contributed by atoms with Gasteiger partial charge in [-0.3, -0.25) is 0 Å². The molecule has 0 bridgehead atoms. The van der Waals surface area contributed by atoms with Crippen molar-refractivity contribution in [1.82, 2.24) is 9.13 Å². The first-order valence-electron chi connectivity index (χ1n) is 30.0. The van der Waals surface area contributed by atoms with Gasteiger partial charge in [0.15, 0.2) is 0 Å². The molecule has 2 spiro atoms. The average Bonchev–Trinajstić information content (AvgIpc) is 1.61. The summed E-state index contributed by atoms with van der Waals surface area (Å²) in [5.74, 6) is 0. The van der Waals surface area contributed by atoms with Gasteiger partial charge >= 0.3 is 0 Å². The zero-order valence-corrected chi connectivity index (χ0v) is 48.1. The van der Waals surface area contributed by atoms with Crippen molar-refractivity contribution < 1.29 is 0 Å². The molecule has 398 valence electrons. The molecule has 4 aliphatic rings. The van der Waals surface area contributed by atoms with Crippen LogP contribution < -0.4 is 0 Å². The number of benzene rings is 12. The molecule has 0 N–H and O–H groups in total. The molecule has 14 aromatic rings. The minimum Gasteiger partial charge on any atom is -0.309 e. The molecular weight excluding hydrogens is 1010 g/mol. The lowest BCUT2D eigenvalue weighted by Crippen LogP contribution is -2.26. The summed E-state index contributed by atoms with van der Waals surface area (Å²) in [6.45, 7) is 14.0. The number of fused-ring (bicyclic) bond motifs is 26. The molecule has 0 fully saturated rings. The van der Waals surface area contributed by atoms with E-state index in [2.05, 4.69) is 305 Å². The molecule has 2 nitrogen and oxygen atoms in total. The van der Waals surface area contributed by atoms with Gasteiger partial charge in [0.25, 0.3) is 0 Å². The van der Waals surface area contributed by atoms with Crippen LogP contribution in [0.3, 0.4) is 0 Å². The highest BCUT2D eigenvalue weighted by Gasteiger charge is 2.53. The lowest BCUT2D eigenvalue weighted by atomic mass is 9.70. The highest BCUT2D eigenvalue weighted by molar-refractivity contribution is 6.13. The summed E-state index contributed by atoms with van der Waals surface area (Å²) < 4.78 is 5.08. The van der Waals surface area contributed by atoms with Gasteiger partial charge in [0.2, 0.25) is 0 Å². The van der Waals surface area contributed by atoms with E-state index in [1.54, 1.807) is 0 Å². The predicted molar refractivity (Wildman–Crippen MR) is 351 cm³/mol. The molecule has 0 saturated heterocycles. The lowest BCUT2D eigenvalue weighted by molar-refractivity contribution is 0.591. The van der Waals surface area contributed by atoms with E-state index in [0.29, 0.717) is 0 Å². The van der Waals surface area contributed by atoms with Crippen molar-refractivity contribution in [3.8, 4) is 67.0 Å². The molecular formula is C82H60N2. The van der Waals surface area contributed by atoms with Crippen LogP contribution in [-0.2, 0) is 21.7 Å². The summed E-state index contributed by atoms with van der Waals surface area (Å²) in [5.41, 5.74) is 32.7. The van der Waals surface area contributed by atoms with Crippen LogP contribution in [0.5, 0.6) is 0 Å². The Morgan fingerprint density at radius 2 is 0.500 bits per heavy atom. The highest BCUT2D eigenvalue weighted by Crippen LogP contribution is 2.65. The monoisotopic (exact) mass is 1070 g/mol. The Hall–Kier alpha value is -9.76. The number of hydrogen-bond acceptors (Lipinski definition) is 0. The quantitative estimate of drug-likeness (QED) is 0.167. The summed E-state index contributed by atoms with van der Waals surface area (Å²) in [4.78, 5) is 0. The van der Waals surface area contributed by atoms with Crippen molar-refractivity contribution in [3.05, 3.63) is 310 Å². The van der Waals surface area contributed by atoms with Gasteiger partial charge in [0.1, 0.15) is 0 Å². The van der Waals surface area contributed by atoms with E-state index in [1.165, 1.54) is 166 Å². The number of aromatic nitrogens is 2. The molecule has 0 saturated carbocycles. The minimum atomic E-state index is -0.432. The van der Waals surface area contributed by atoms with Gasteiger partial charge in [0.05, 0.1) is 32.9 Å². The maximum Gasteiger partial charge on any atom is 0.0726 e. The van der Waals surface area contributed by atoms with Gasteiger partial charge < -0.3 is 9.13 Å². The van der Waals surface area contributed by atoms with Gasteiger partial charge in [-0.1, -0.05) is 224 Å². The van der Waals surface area contributed by atoms with Crippen molar-refractivity contribution in [3.63, 3.8) is 0 Å². The summed E-state index contributed by atoms with van der Waals surface area (Å²) in [6.07, 6.45) is 0. The highest BCUT2D eigenvalue weighted by atomic mass is 15.0. The van der Waals surface area contributed by atoms with E-state index in [9.17, 15) is 0 Å². The normalized spacial score (nSPS) is 14.5. The SMILES string of the molecule is CC(C)(C)c1ccc2c(c1)c1cc(-c3ccc4c(c3)c3cc(C(C)(C)C)ccc3n4-c3ccc4c(c3)C3(c5ccccc5-c5ccccc53)c3ccccc3-4)ccc1n2-c1ccc2c(c1)C1(c3ccccc3-c3ccccc31)c1ccccc1-2. The van der Waals surface area contributed by atoms with Crippen molar-refractivity contribution in [2.24, 2.45) is 0 Å². The second kappa shape index (κ2) is 16.5. The van der Waals surface area contributed by atoms with Crippen LogP contribution in [0.1, 0.15) is 97.2 Å². The van der Waals surface area contributed by atoms with E-state index in [4.69, 9.17) is 0 Å². The van der Waals surface area contributed by atoms with Crippen molar-refractivity contribution in [1.29, 1.82) is 0 Å². The zero-order valence-electron chi connectivity index (χ0n) is 48.1. The Bertz CT molecular complexity index is 4780. The Kier molecular flexibility index (Phi) is 9.39. The molecule has 2 aromatic heterocycles. The van der Waals surface area contributed by atoms with Crippen LogP contribution in [0.25, 0.3) is 111 Å². The second-order valence-electron chi connectivity index (χ2n) is 26.3. The number of rotatable bonds is 3.